The lowest BCUT2D eigenvalue weighted by Gasteiger charge is -2.07. The molecule has 1 aromatic rings. The summed E-state index contributed by atoms with van der Waals surface area (Å²) in [6, 6.07) is 0. The first-order valence-electron chi connectivity index (χ1n) is 4.84. The fraction of sp³-hybridized carbons (Fsp3) is 0.750. The van der Waals surface area contributed by atoms with Gasteiger partial charge in [-0.25, -0.2) is 4.68 Å². The third-order valence-electron chi connectivity index (χ3n) is 2.51. The smallest absolute Gasteiger partial charge is 0.240 e. The Labute approximate surface area is 82.2 Å². The Morgan fingerprint density at radius 3 is 2.93 bits per heavy atom. The molecule has 0 bridgehead atoms. The van der Waals surface area contributed by atoms with Crippen LogP contribution >= 0.6 is 0 Å². The lowest BCUT2D eigenvalue weighted by molar-refractivity contribution is 0.104. The maximum Gasteiger partial charge on any atom is 0.240 e. The Kier molecular flexibility index (Phi) is 2.53. The molecule has 0 spiro atoms. The molecule has 2 heterocycles. The van der Waals surface area contributed by atoms with Gasteiger partial charge in [-0.1, -0.05) is 0 Å². The number of nitrogen functional groups attached to an aromatic ring is 2. The van der Waals surface area contributed by atoms with Crippen molar-refractivity contribution < 1.29 is 4.74 Å². The first-order chi connectivity index (χ1) is 6.77. The molecule has 4 N–H and O–H groups in total. The summed E-state index contributed by atoms with van der Waals surface area (Å²) in [4.78, 5) is 0. The van der Waals surface area contributed by atoms with Gasteiger partial charge in [-0.05, 0) is 19.3 Å². The topological polar surface area (TPSA) is 92.0 Å². The second-order valence-electron chi connectivity index (χ2n) is 3.52. The molecular formula is C8H15N5O. The normalized spacial score (nSPS) is 21.6. The molecular weight excluding hydrogens is 182 g/mol. The van der Waals surface area contributed by atoms with Gasteiger partial charge in [0.05, 0.1) is 6.10 Å². The van der Waals surface area contributed by atoms with E-state index in [2.05, 4.69) is 10.2 Å². The monoisotopic (exact) mass is 197 g/mol. The summed E-state index contributed by atoms with van der Waals surface area (Å²) in [5.41, 5.74) is 5.46. The number of nitrogens with zero attached hydrogens (tertiary/aromatic N) is 3. The minimum absolute atomic E-state index is 0.257. The number of aryl methyl sites for hydroxylation is 1. The Bertz CT molecular complexity index is 305. The molecule has 1 saturated heterocycles. The SMILES string of the molecule is Nc1nnc(CCC2CCCO2)n1N. The average Bonchev–Trinajstić information content (AvgIpc) is 2.77. The minimum atomic E-state index is 0.257. The molecule has 6 nitrogen and oxygen atoms in total. The quantitative estimate of drug-likeness (QED) is 0.648. The third-order valence-corrected chi connectivity index (χ3v) is 2.51. The van der Waals surface area contributed by atoms with Crippen LogP contribution < -0.4 is 11.6 Å². The molecule has 1 aliphatic rings. The molecule has 0 aromatic carbocycles. The van der Waals surface area contributed by atoms with E-state index in [9.17, 15) is 0 Å². The number of aromatic nitrogens is 3. The molecule has 2 rings (SSSR count). The van der Waals surface area contributed by atoms with Crippen LogP contribution in [-0.4, -0.2) is 27.6 Å². The van der Waals surface area contributed by atoms with Crippen LogP contribution in [0.2, 0.25) is 0 Å². The van der Waals surface area contributed by atoms with E-state index in [0.29, 0.717) is 6.10 Å². The van der Waals surface area contributed by atoms with Crippen LogP contribution in [-0.2, 0) is 11.2 Å². The largest absolute Gasteiger partial charge is 0.378 e. The maximum absolute atomic E-state index is 5.61. The van der Waals surface area contributed by atoms with E-state index in [0.717, 1.165) is 38.1 Å². The van der Waals surface area contributed by atoms with Crippen molar-refractivity contribution in [2.75, 3.05) is 18.2 Å². The molecule has 1 fully saturated rings. The molecule has 6 heteroatoms. The van der Waals surface area contributed by atoms with Crippen LogP contribution in [0, 0.1) is 0 Å². The third kappa shape index (κ3) is 1.79. The zero-order valence-electron chi connectivity index (χ0n) is 8.02. The van der Waals surface area contributed by atoms with Gasteiger partial charge in [-0.2, -0.15) is 0 Å². The van der Waals surface area contributed by atoms with Crippen molar-refractivity contribution in [3.63, 3.8) is 0 Å². The molecule has 0 amide bonds. The van der Waals surface area contributed by atoms with E-state index in [-0.39, 0.29) is 5.95 Å². The van der Waals surface area contributed by atoms with Gasteiger partial charge in [-0.15, -0.1) is 10.2 Å². The number of ether oxygens (including phenoxy) is 1. The Hall–Kier alpha value is -1.30. The fourth-order valence-electron chi connectivity index (χ4n) is 1.67. The molecule has 78 valence electrons. The maximum atomic E-state index is 5.61. The molecule has 1 atom stereocenters. The van der Waals surface area contributed by atoms with Gasteiger partial charge < -0.3 is 16.3 Å². The summed E-state index contributed by atoms with van der Waals surface area (Å²) in [5.74, 6) is 6.59. The summed E-state index contributed by atoms with van der Waals surface area (Å²) in [6.45, 7) is 0.877. The Morgan fingerprint density at radius 2 is 2.36 bits per heavy atom. The van der Waals surface area contributed by atoms with Crippen molar-refractivity contribution in [1.82, 2.24) is 14.9 Å². The number of hydrogen-bond donors (Lipinski definition) is 2. The second-order valence-corrected chi connectivity index (χ2v) is 3.52. The number of hydrogen-bond acceptors (Lipinski definition) is 5. The first-order valence-corrected chi connectivity index (χ1v) is 4.84. The van der Waals surface area contributed by atoms with Gasteiger partial charge in [0.2, 0.25) is 5.95 Å². The summed E-state index contributed by atoms with van der Waals surface area (Å²) in [7, 11) is 0. The van der Waals surface area contributed by atoms with Crippen LogP contribution in [0.15, 0.2) is 0 Å². The van der Waals surface area contributed by atoms with Crippen molar-refractivity contribution in [2.45, 2.75) is 31.8 Å². The number of nitrogens with two attached hydrogens (primary N) is 2. The highest BCUT2D eigenvalue weighted by Crippen LogP contribution is 2.17. The summed E-state index contributed by atoms with van der Waals surface area (Å²) < 4.78 is 6.82. The lowest BCUT2D eigenvalue weighted by atomic mass is 10.1. The highest BCUT2D eigenvalue weighted by atomic mass is 16.5. The Morgan fingerprint density at radius 1 is 1.50 bits per heavy atom. The van der Waals surface area contributed by atoms with E-state index in [1.54, 1.807) is 0 Å². The summed E-state index contributed by atoms with van der Waals surface area (Å²) in [6.07, 6.45) is 4.35. The van der Waals surface area contributed by atoms with Gasteiger partial charge >= 0.3 is 0 Å². The van der Waals surface area contributed by atoms with Gasteiger partial charge in [0.1, 0.15) is 0 Å². The van der Waals surface area contributed by atoms with Crippen LogP contribution in [0.25, 0.3) is 0 Å². The average molecular weight is 197 g/mol. The standard InChI is InChI=1S/C8H15N5O/c9-8-12-11-7(13(8)10)4-3-6-2-1-5-14-6/h6H,1-5,10H2,(H2,9,12). The zero-order valence-corrected chi connectivity index (χ0v) is 8.02. The van der Waals surface area contributed by atoms with Crippen LogP contribution in [0.5, 0.6) is 0 Å². The van der Waals surface area contributed by atoms with Crippen molar-refractivity contribution in [3.05, 3.63) is 5.82 Å². The second kappa shape index (κ2) is 3.83. The van der Waals surface area contributed by atoms with Crippen molar-refractivity contribution in [3.8, 4) is 0 Å². The first kappa shape index (κ1) is 9.26. The molecule has 14 heavy (non-hydrogen) atoms. The van der Waals surface area contributed by atoms with Crippen molar-refractivity contribution in [1.29, 1.82) is 0 Å². The van der Waals surface area contributed by atoms with E-state index in [1.165, 1.54) is 4.68 Å². The van der Waals surface area contributed by atoms with Crippen LogP contribution in [0.4, 0.5) is 5.95 Å². The van der Waals surface area contributed by atoms with Crippen LogP contribution in [0.3, 0.4) is 0 Å². The predicted molar refractivity (Wildman–Crippen MR) is 51.9 cm³/mol. The molecule has 1 aromatic heterocycles. The van der Waals surface area contributed by atoms with Gasteiger partial charge in [-0.3, -0.25) is 0 Å². The molecule has 1 aliphatic heterocycles. The van der Waals surface area contributed by atoms with E-state index < -0.39 is 0 Å². The highest BCUT2D eigenvalue weighted by Gasteiger charge is 2.16. The Balaban J connectivity index is 1.88. The highest BCUT2D eigenvalue weighted by molar-refractivity contribution is 5.17. The van der Waals surface area contributed by atoms with Gasteiger partial charge in [0.25, 0.3) is 0 Å². The zero-order chi connectivity index (χ0) is 9.97. The number of anilines is 1. The van der Waals surface area contributed by atoms with Crippen LogP contribution in [0.1, 0.15) is 25.1 Å². The molecule has 0 saturated carbocycles. The molecule has 1 unspecified atom stereocenters. The fourth-order valence-corrected chi connectivity index (χ4v) is 1.67. The lowest BCUT2D eigenvalue weighted by Crippen LogP contribution is -2.17. The molecule has 0 radical (unpaired) electrons. The summed E-state index contributed by atoms with van der Waals surface area (Å²) in [5, 5.41) is 7.57. The van der Waals surface area contributed by atoms with Gasteiger partial charge in [0.15, 0.2) is 5.82 Å². The minimum Gasteiger partial charge on any atom is -0.378 e. The van der Waals surface area contributed by atoms with E-state index in [1.807, 2.05) is 0 Å². The summed E-state index contributed by atoms with van der Waals surface area (Å²) >= 11 is 0. The van der Waals surface area contributed by atoms with Gasteiger partial charge in [0, 0.05) is 13.0 Å². The molecule has 0 aliphatic carbocycles. The number of rotatable bonds is 3. The van der Waals surface area contributed by atoms with Crippen molar-refractivity contribution in [2.24, 2.45) is 0 Å². The van der Waals surface area contributed by atoms with E-state index in [4.69, 9.17) is 16.3 Å². The van der Waals surface area contributed by atoms with E-state index >= 15 is 0 Å². The van der Waals surface area contributed by atoms with Crippen molar-refractivity contribution >= 4 is 5.95 Å². The predicted octanol–water partition coefficient (Wildman–Crippen LogP) is -0.314.